The lowest BCUT2D eigenvalue weighted by Crippen LogP contribution is -2.66. The third kappa shape index (κ3) is 6.16. The van der Waals surface area contributed by atoms with E-state index in [1.807, 2.05) is 43.3 Å². The SMILES string of the molecule is C[C@@H](COc1ccc(F)cc1-c1ccc(C(=O)O)c(F)c1)CO[Si](c1ccccc1)(c1ccccc1)C(C)(C)C. The van der Waals surface area contributed by atoms with Gasteiger partial charge in [0, 0.05) is 18.1 Å². The molecule has 7 heteroatoms. The van der Waals surface area contributed by atoms with E-state index >= 15 is 0 Å². The van der Waals surface area contributed by atoms with E-state index in [4.69, 9.17) is 14.3 Å². The summed E-state index contributed by atoms with van der Waals surface area (Å²) in [6.07, 6.45) is 0. The van der Waals surface area contributed by atoms with Gasteiger partial charge in [-0.05, 0) is 51.3 Å². The molecule has 0 aliphatic heterocycles. The summed E-state index contributed by atoms with van der Waals surface area (Å²) >= 11 is 0. The van der Waals surface area contributed by atoms with Crippen LogP contribution in [-0.2, 0) is 4.43 Å². The fraction of sp³-hybridized carbons (Fsp3) is 0.242. The maximum atomic E-state index is 14.4. The van der Waals surface area contributed by atoms with Crippen LogP contribution in [0.15, 0.2) is 97.1 Å². The topological polar surface area (TPSA) is 55.8 Å². The maximum Gasteiger partial charge on any atom is 0.338 e. The summed E-state index contributed by atoms with van der Waals surface area (Å²) in [5.41, 5.74) is 0.223. The molecule has 0 heterocycles. The van der Waals surface area contributed by atoms with E-state index in [0.717, 1.165) is 6.07 Å². The maximum absolute atomic E-state index is 14.4. The third-order valence-corrected chi connectivity index (χ3v) is 12.0. The van der Waals surface area contributed by atoms with Gasteiger partial charge in [0.15, 0.2) is 0 Å². The van der Waals surface area contributed by atoms with E-state index in [-0.39, 0.29) is 17.6 Å². The third-order valence-electron chi connectivity index (χ3n) is 6.98. The number of hydrogen-bond acceptors (Lipinski definition) is 3. The largest absolute Gasteiger partial charge is 0.493 e. The standard InChI is InChI=1S/C33H34F2O4Si/c1-23(21-38-31-18-16-25(34)20-29(31)24-15-17-28(32(36)37)30(35)19-24)22-39-40(33(2,3)4,26-11-7-5-8-12-26)27-13-9-6-10-14-27/h5-20,23H,21-22H2,1-4H3,(H,36,37)/t23-/m0/s1. The molecule has 1 atom stereocenters. The Labute approximate surface area is 235 Å². The zero-order valence-electron chi connectivity index (χ0n) is 23.2. The van der Waals surface area contributed by atoms with Gasteiger partial charge in [-0.25, -0.2) is 13.6 Å². The molecule has 4 aromatic carbocycles. The van der Waals surface area contributed by atoms with Crippen molar-refractivity contribution in [3.05, 3.63) is 114 Å². The molecule has 0 fully saturated rings. The number of aromatic carboxylic acids is 1. The first-order chi connectivity index (χ1) is 19.0. The van der Waals surface area contributed by atoms with Crippen LogP contribution < -0.4 is 15.1 Å². The number of rotatable bonds is 10. The number of benzene rings is 4. The Bertz CT molecular complexity index is 1410. The minimum absolute atomic E-state index is 0.0225. The van der Waals surface area contributed by atoms with Crippen LogP contribution in [0, 0.1) is 17.6 Å². The van der Waals surface area contributed by atoms with Crippen molar-refractivity contribution in [1.82, 2.24) is 0 Å². The number of halogens is 2. The van der Waals surface area contributed by atoms with E-state index in [1.165, 1.54) is 40.7 Å². The monoisotopic (exact) mass is 560 g/mol. The summed E-state index contributed by atoms with van der Waals surface area (Å²) in [6.45, 7) is 9.42. The molecular formula is C33H34F2O4Si. The molecule has 208 valence electrons. The van der Waals surface area contributed by atoms with Crippen molar-refractivity contribution in [3.63, 3.8) is 0 Å². The second kappa shape index (κ2) is 12.1. The van der Waals surface area contributed by atoms with Crippen molar-refractivity contribution in [2.24, 2.45) is 5.92 Å². The van der Waals surface area contributed by atoms with Gasteiger partial charge in [0.05, 0.1) is 12.2 Å². The minimum Gasteiger partial charge on any atom is -0.493 e. The minimum atomic E-state index is -2.71. The smallest absolute Gasteiger partial charge is 0.338 e. The molecule has 0 bridgehead atoms. The van der Waals surface area contributed by atoms with Crippen LogP contribution in [-0.4, -0.2) is 32.6 Å². The molecule has 1 N–H and O–H groups in total. The Kier molecular flexibility index (Phi) is 8.86. The highest BCUT2D eigenvalue weighted by atomic mass is 28.4. The molecule has 4 nitrogen and oxygen atoms in total. The summed E-state index contributed by atoms with van der Waals surface area (Å²) in [5, 5.41) is 11.4. The van der Waals surface area contributed by atoms with Crippen LogP contribution in [0.2, 0.25) is 5.04 Å². The van der Waals surface area contributed by atoms with Crippen molar-refractivity contribution in [2.75, 3.05) is 13.2 Å². The summed E-state index contributed by atoms with van der Waals surface area (Å²) in [6, 6.07) is 28.5. The van der Waals surface area contributed by atoms with Gasteiger partial charge in [0.2, 0.25) is 0 Å². The van der Waals surface area contributed by atoms with Gasteiger partial charge in [-0.3, -0.25) is 0 Å². The normalized spacial score (nSPS) is 12.7. The quantitative estimate of drug-likeness (QED) is 0.214. The van der Waals surface area contributed by atoms with E-state index in [2.05, 4.69) is 45.0 Å². The Balaban J connectivity index is 1.57. The Hall–Kier alpha value is -3.81. The highest BCUT2D eigenvalue weighted by Crippen LogP contribution is 2.37. The van der Waals surface area contributed by atoms with Gasteiger partial charge in [-0.2, -0.15) is 0 Å². The molecule has 0 aromatic heterocycles. The van der Waals surface area contributed by atoms with Crippen molar-refractivity contribution in [3.8, 4) is 16.9 Å². The summed E-state index contributed by atoms with van der Waals surface area (Å²) in [5.74, 6) is -2.42. The Morgan fingerprint density at radius 3 is 1.98 bits per heavy atom. The lowest BCUT2D eigenvalue weighted by atomic mass is 10.0. The van der Waals surface area contributed by atoms with E-state index in [1.54, 1.807) is 0 Å². The van der Waals surface area contributed by atoms with Gasteiger partial charge in [0.1, 0.15) is 17.4 Å². The second-order valence-electron chi connectivity index (χ2n) is 11.0. The summed E-state index contributed by atoms with van der Waals surface area (Å²) in [7, 11) is -2.71. The number of carboxylic acids is 1. The van der Waals surface area contributed by atoms with E-state index in [9.17, 15) is 13.6 Å². The van der Waals surface area contributed by atoms with Crippen molar-refractivity contribution in [2.45, 2.75) is 32.7 Å². The predicted octanol–water partition coefficient (Wildman–Crippen LogP) is 6.92. The van der Waals surface area contributed by atoms with Gasteiger partial charge < -0.3 is 14.3 Å². The lowest BCUT2D eigenvalue weighted by Gasteiger charge is -2.43. The highest BCUT2D eigenvalue weighted by molar-refractivity contribution is 6.99. The van der Waals surface area contributed by atoms with Crippen LogP contribution in [0.4, 0.5) is 8.78 Å². The molecule has 40 heavy (non-hydrogen) atoms. The number of ether oxygens (including phenoxy) is 1. The average molecular weight is 561 g/mol. The van der Waals surface area contributed by atoms with Crippen LogP contribution >= 0.6 is 0 Å². The van der Waals surface area contributed by atoms with Crippen LogP contribution in [0.5, 0.6) is 5.75 Å². The van der Waals surface area contributed by atoms with Crippen LogP contribution in [0.3, 0.4) is 0 Å². The fourth-order valence-corrected chi connectivity index (χ4v) is 9.71. The lowest BCUT2D eigenvalue weighted by molar-refractivity contribution is 0.0692. The first-order valence-electron chi connectivity index (χ1n) is 13.2. The zero-order chi connectivity index (χ0) is 28.9. The Morgan fingerprint density at radius 1 is 0.850 bits per heavy atom. The molecular weight excluding hydrogens is 526 g/mol. The van der Waals surface area contributed by atoms with E-state index < -0.39 is 31.5 Å². The molecule has 4 aromatic rings. The van der Waals surface area contributed by atoms with Gasteiger partial charge in [0.25, 0.3) is 8.32 Å². The molecule has 0 saturated carbocycles. The molecule has 0 aliphatic carbocycles. The van der Waals surface area contributed by atoms with Crippen molar-refractivity contribution in [1.29, 1.82) is 0 Å². The highest BCUT2D eigenvalue weighted by Gasteiger charge is 2.50. The molecule has 0 spiro atoms. The van der Waals surface area contributed by atoms with Gasteiger partial charge in [-0.15, -0.1) is 0 Å². The number of carboxylic acid groups (broad SMARTS) is 1. The first-order valence-corrected chi connectivity index (χ1v) is 15.1. The zero-order valence-corrected chi connectivity index (χ0v) is 24.2. The van der Waals surface area contributed by atoms with E-state index in [0.29, 0.717) is 23.5 Å². The molecule has 0 amide bonds. The van der Waals surface area contributed by atoms with Crippen LogP contribution in [0.25, 0.3) is 11.1 Å². The molecule has 0 radical (unpaired) electrons. The summed E-state index contributed by atoms with van der Waals surface area (Å²) in [4.78, 5) is 11.2. The first kappa shape index (κ1) is 29.2. The fourth-order valence-electron chi connectivity index (χ4n) is 5.02. The van der Waals surface area contributed by atoms with Crippen LogP contribution in [0.1, 0.15) is 38.1 Å². The number of carbonyl (C=O) groups is 1. The number of hydrogen-bond donors (Lipinski definition) is 1. The molecule has 0 aliphatic rings. The molecule has 0 unspecified atom stereocenters. The predicted molar refractivity (Wildman–Crippen MR) is 157 cm³/mol. The van der Waals surface area contributed by atoms with Crippen molar-refractivity contribution >= 4 is 24.7 Å². The van der Waals surface area contributed by atoms with Gasteiger partial charge >= 0.3 is 5.97 Å². The second-order valence-corrected chi connectivity index (χ2v) is 15.3. The van der Waals surface area contributed by atoms with Gasteiger partial charge in [-0.1, -0.05) is 94.4 Å². The average Bonchev–Trinajstić information content (AvgIpc) is 2.93. The summed E-state index contributed by atoms with van der Waals surface area (Å²) < 4.78 is 41.7. The van der Waals surface area contributed by atoms with Crippen molar-refractivity contribution < 1.29 is 27.8 Å². The Morgan fingerprint density at radius 2 is 1.45 bits per heavy atom. The molecule has 4 rings (SSSR count). The molecule has 0 saturated heterocycles.